The number of hydrogen-bond donors (Lipinski definition) is 0. The zero-order valence-corrected chi connectivity index (χ0v) is 20.4. The molecule has 0 aromatic heterocycles. The van der Waals surface area contributed by atoms with Gasteiger partial charge in [-0.05, 0) is 26.3 Å². The first-order valence-corrected chi connectivity index (χ1v) is 11.5. The molecule has 0 bridgehead atoms. The molecule has 0 spiro atoms. The lowest BCUT2D eigenvalue weighted by atomic mass is 10.0. The molecule has 180 valence electrons. The van der Waals surface area contributed by atoms with Crippen LogP contribution in [0.2, 0.25) is 0 Å². The van der Waals surface area contributed by atoms with Crippen LogP contribution in [-0.2, 0) is 15.5 Å². The van der Waals surface area contributed by atoms with Crippen molar-refractivity contribution in [3.63, 3.8) is 0 Å². The molecule has 0 radical (unpaired) electrons. The average Bonchev–Trinajstić information content (AvgIpc) is 3.15. The van der Waals surface area contributed by atoms with Gasteiger partial charge in [0.15, 0.2) is 0 Å². The highest BCUT2D eigenvalue weighted by atomic mass is 19.3. The fraction of sp³-hybridized carbons (Fsp3) is 0.519. The van der Waals surface area contributed by atoms with Crippen LogP contribution in [0.15, 0.2) is 67.0 Å². The number of halogens is 2. The number of alkyl halides is 2. The summed E-state index contributed by atoms with van der Waals surface area (Å²) in [5.41, 5.74) is 0.0109. The van der Waals surface area contributed by atoms with Crippen molar-refractivity contribution in [3.8, 4) is 0 Å². The van der Waals surface area contributed by atoms with Gasteiger partial charge < -0.3 is 9.64 Å². The lowest BCUT2D eigenvalue weighted by Crippen LogP contribution is -2.33. The van der Waals surface area contributed by atoms with Crippen molar-refractivity contribution in [3.05, 3.63) is 72.5 Å². The third-order valence-electron chi connectivity index (χ3n) is 4.99. The highest BCUT2D eigenvalue weighted by Gasteiger charge is 2.31. The minimum absolute atomic E-state index is 0.0109. The molecule has 0 aliphatic carbocycles. The first-order chi connectivity index (χ1) is 15.3. The Morgan fingerprint density at radius 2 is 1.81 bits per heavy atom. The second-order valence-corrected chi connectivity index (χ2v) is 7.51. The van der Waals surface area contributed by atoms with Crippen LogP contribution in [-0.4, -0.2) is 30.5 Å². The topological polar surface area (TPSA) is 29.5 Å². The van der Waals surface area contributed by atoms with Crippen LogP contribution in [0.3, 0.4) is 0 Å². The molecule has 1 aliphatic heterocycles. The Morgan fingerprint density at radius 3 is 2.31 bits per heavy atom. The van der Waals surface area contributed by atoms with Gasteiger partial charge in [-0.25, -0.2) is 8.78 Å². The summed E-state index contributed by atoms with van der Waals surface area (Å²) in [5, 5.41) is 0. The maximum Gasteiger partial charge on any atom is 0.276 e. The first kappa shape index (κ1) is 29.6. The number of allylic oxidation sites excluding steroid dienone is 3. The van der Waals surface area contributed by atoms with Crippen molar-refractivity contribution < 1.29 is 18.3 Å². The predicted octanol–water partition coefficient (Wildman–Crippen LogP) is 7.65. The van der Waals surface area contributed by atoms with E-state index in [4.69, 9.17) is 4.74 Å². The number of unbranched alkanes of at least 4 members (excludes halogenated alkanes) is 1. The van der Waals surface area contributed by atoms with E-state index in [9.17, 15) is 13.6 Å². The number of carbonyl (C=O) groups excluding carboxylic acids is 1. The maximum atomic E-state index is 14.2. The molecule has 32 heavy (non-hydrogen) atoms. The number of likely N-dealkylation sites (tertiary alicyclic amines) is 1. The lowest BCUT2D eigenvalue weighted by molar-refractivity contribution is -0.128. The highest BCUT2D eigenvalue weighted by molar-refractivity contribution is 5.79. The van der Waals surface area contributed by atoms with Crippen molar-refractivity contribution >= 4 is 5.91 Å². The third kappa shape index (κ3) is 11.3. The van der Waals surface area contributed by atoms with Gasteiger partial charge in [0.05, 0.1) is 18.9 Å². The van der Waals surface area contributed by atoms with Crippen LogP contribution < -0.4 is 0 Å². The fourth-order valence-electron chi connectivity index (χ4n) is 3.01. The molecular formula is C27H41F2NO2. The van der Waals surface area contributed by atoms with Gasteiger partial charge in [-0.3, -0.25) is 4.79 Å². The van der Waals surface area contributed by atoms with Gasteiger partial charge in [-0.2, -0.15) is 0 Å². The van der Waals surface area contributed by atoms with Crippen LogP contribution in [0.5, 0.6) is 0 Å². The molecule has 3 nitrogen and oxygen atoms in total. The van der Waals surface area contributed by atoms with Crippen molar-refractivity contribution in [2.45, 2.75) is 78.2 Å². The van der Waals surface area contributed by atoms with Crippen molar-refractivity contribution in [2.24, 2.45) is 0 Å². The summed E-state index contributed by atoms with van der Waals surface area (Å²) in [6.45, 7) is 12.0. The maximum absolute atomic E-state index is 14.2. The molecule has 2 rings (SSSR count). The quantitative estimate of drug-likeness (QED) is 0.286. The number of hydrogen-bond acceptors (Lipinski definition) is 2. The van der Waals surface area contributed by atoms with Crippen LogP contribution in [0.1, 0.15) is 71.8 Å². The standard InChI is InChI=1S/C20H25F2NO2.C4H10.C3H6/c1-3-18(25-2)13-15-23-17(11-12-19(23)24)10-7-14-20(21,22)16-8-5-4-6-9-16;1-3-4-2;1-3-2/h3-10,17H,11-15H2,1-2H3;3-4H2,1-2H3;3H,1H2,2H3/b10-7+,18-3+;;. The molecule has 1 heterocycles. The SMILES string of the molecule is C/C=C(\CCN1C(=O)CCC1/C=C/CC(F)(F)c1ccccc1)OC.C=CC.CCCC. The van der Waals surface area contributed by atoms with Crippen molar-refractivity contribution in [1.29, 1.82) is 0 Å². The average molecular weight is 450 g/mol. The molecule has 1 aromatic rings. The second kappa shape index (κ2) is 17.2. The largest absolute Gasteiger partial charge is 0.501 e. The predicted molar refractivity (Wildman–Crippen MR) is 131 cm³/mol. The molecule has 1 saturated heterocycles. The third-order valence-corrected chi connectivity index (χ3v) is 4.99. The summed E-state index contributed by atoms with van der Waals surface area (Å²) in [4.78, 5) is 13.8. The number of amides is 1. The van der Waals surface area contributed by atoms with Crippen LogP contribution >= 0.6 is 0 Å². The molecule has 1 fully saturated rings. The smallest absolute Gasteiger partial charge is 0.276 e. The van der Waals surface area contributed by atoms with Gasteiger partial charge in [-0.1, -0.05) is 75.2 Å². The first-order valence-electron chi connectivity index (χ1n) is 11.5. The van der Waals surface area contributed by atoms with E-state index >= 15 is 0 Å². The van der Waals surface area contributed by atoms with Crippen LogP contribution in [0, 0.1) is 0 Å². The summed E-state index contributed by atoms with van der Waals surface area (Å²) < 4.78 is 33.6. The molecule has 1 atom stereocenters. The van der Waals surface area contributed by atoms with Gasteiger partial charge >= 0.3 is 0 Å². The normalized spacial score (nSPS) is 16.2. The molecule has 0 N–H and O–H groups in total. The molecule has 1 aliphatic rings. The van der Waals surface area contributed by atoms with Gasteiger partial charge in [-0.15, -0.1) is 6.58 Å². The highest BCUT2D eigenvalue weighted by Crippen LogP contribution is 2.32. The summed E-state index contributed by atoms with van der Waals surface area (Å²) in [5.74, 6) is -2.02. The summed E-state index contributed by atoms with van der Waals surface area (Å²) in [6, 6.07) is 7.69. The minimum Gasteiger partial charge on any atom is -0.501 e. The van der Waals surface area contributed by atoms with E-state index in [2.05, 4.69) is 20.4 Å². The summed E-state index contributed by atoms with van der Waals surface area (Å²) >= 11 is 0. The fourth-order valence-corrected chi connectivity index (χ4v) is 3.01. The van der Waals surface area contributed by atoms with E-state index in [1.165, 1.54) is 31.1 Å². The Bertz CT molecular complexity index is 697. The van der Waals surface area contributed by atoms with Gasteiger partial charge in [0, 0.05) is 31.4 Å². The molecule has 1 aromatic carbocycles. The number of benzene rings is 1. The Balaban J connectivity index is 0.00000121. The van der Waals surface area contributed by atoms with Crippen LogP contribution in [0.25, 0.3) is 0 Å². The monoisotopic (exact) mass is 449 g/mol. The van der Waals surface area contributed by atoms with Crippen molar-refractivity contribution in [1.82, 2.24) is 4.90 Å². The zero-order valence-electron chi connectivity index (χ0n) is 20.4. The van der Waals surface area contributed by atoms with Crippen molar-refractivity contribution in [2.75, 3.05) is 13.7 Å². The number of ether oxygens (including phenoxy) is 1. The molecule has 5 heteroatoms. The Hall–Kier alpha value is -2.43. The van der Waals surface area contributed by atoms with Crippen LogP contribution in [0.4, 0.5) is 8.78 Å². The number of carbonyl (C=O) groups is 1. The molecule has 0 saturated carbocycles. The Kier molecular flexibility index (Phi) is 15.9. The van der Waals surface area contributed by atoms with E-state index in [-0.39, 0.29) is 23.9 Å². The summed E-state index contributed by atoms with van der Waals surface area (Å²) in [7, 11) is 1.60. The lowest BCUT2D eigenvalue weighted by Gasteiger charge is -2.23. The molecule has 1 amide bonds. The zero-order chi connectivity index (χ0) is 24.4. The number of methoxy groups -OCH3 is 1. The number of nitrogens with zero attached hydrogens (tertiary/aromatic N) is 1. The minimum atomic E-state index is -2.90. The Morgan fingerprint density at radius 1 is 1.22 bits per heavy atom. The van der Waals surface area contributed by atoms with E-state index < -0.39 is 5.92 Å². The van der Waals surface area contributed by atoms with E-state index in [1.807, 2.05) is 19.9 Å². The van der Waals surface area contributed by atoms with Gasteiger partial charge in [0.2, 0.25) is 5.91 Å². The second-order valence-electron chi connectivity index (χ2n) is 7.51. The number of rotatable bonds is 9. The van der Waals surface area contributed by atoms with Gasteiger partial charge in [0.1, 0.15) is 0 Å². The molecular weight excluding hydrogens is 408 g/mol. The van der Waals surface area contributed by atoms with Gasteiger partial charge in [0.25, 0.3) is 5.92 Å². The summed E-state index contributed by atoms with van der Waals surface area (Å²) in [6.07, 6.45) is 10.9. The molecule has 1 unspecified atom stereocenters. The van der Waals surface area contributed by atoms with E-state index in [1.54, 1.807) is 42.4 Å². The Labute approximate surface area is 193 Å². The van der Waals surface area contributed by atoms with E-state index in [0.717, 1.165) is 5.76 Å². The van der Waals surface area contributed by atoms with E-state index in [0.29, 0.717) is 25.8 Å².